The number of aromatic nitrogens is 2. The zero-order chi connectivity index (χ0) is 16.9. The zero-order valence-electron chi connectivity index (χ0n) is 14.5. The Balaban J connectivity index is 1.43. The molecule has 3 aromatic rings. The van der Waals surface area contributed by atoms with Crippen molar-refractivity contribution in [1.82, 2.24) is 0 Å². The Morgan fingerprint density at radius 1 is 0.800 bits per heavy atom. The maximum atomic E-state index is 2.38. The molecule has 0 fully saturated rings. The second-order valence-electron chi connectivity index (χ2n) is 6.71. The number of hydrogen-bond acceptors (Lipinski definition) is 0. The van der Waals surface area contributed by atoms with Gasteiger partial charge in [-0.2, -0.15) is 4.57 Å². The highest BCUT2D eigenvalue weighted by molar-refractivity contribution is 5.61. The summed E-state index contributed by atoms with van der Waals surface area (Å²) < 4.78 is 4.44. The van der Waals surface area contributed by atoms with E-state index in [-0.39, 0.29) is 0 Å². The lowest BCUT2D eigenvalue weighted by Crippen LogP contribution is -2.33. The first-order valence-corrected chi connectivity index (χ1v) is 9.11. The van der Waals surface area contributed by atoms with Crippen molar-refractivity contribution in [3.8, 4) is 16.8 Å². The van der Waals surface area contributed by atoms with Crippen molar-refractivity contribution in [2.45, 2.75) is 25.8 Å². The molecule has 0 saturated heterocycles. The average Bonchev–Trinajstić information content (AvgIpc) is 3.21. The molecule has 1 atom stereocenters. The van der Waals surface area contributed by atoms with E-state index in [4.69, 9.17) is 0 Å². The standard InChI is InChI=1S/C23H24N2/c1-2-8-23(9-3-1)25-18-13-22(14-19-25)21-11-16-24(17-12-21)15-10-20-6-4-5-7-20/h1-4,6,8-9,11-14,16-20H,5,7,10,15H2/q+2/t20-/m1/s1. The lowest BCUT2D eigenvalue weighted by molar-refractivity contribution is -0.697. The zero-order valence-corrected chi connectivity index (χ0v) is 14.5. The van der Waals surface area contributed by atoms with E-state index < -0.39 is 0 Å². The molecule has 0 aliphatic heterocycles. The van der Waals surface area contributed by atoms with E-state index in [9.17, 15) is 0 Å². The fraction of sp³-hybridized carbons (Fsp3) is 0.217. The van der Waals surface area contributed by atoms with Gasteiger partial charge in [0.1, 0.15) is 6.54 Å². The smallest absolute Gasteiger partial charge is 0.205 e. The van der Waals surface area contributed by atoms with Gasteiger partial charge < -0.3 is 0 Å². The monoisotopic (exact) mass is 328 g/mol. The van der Waals surface area contributed by atoms with Gasteiger partial charge in [-0.3, -0.25) is 0 Å². The highest BCUT2D eigenvalue weighted by Gasteiger charge is 2.12. The van der Waals surface area contributed by atoms with Gasteiger partial charge in [-0.1, -0.05) is 30.4 Å². The molecule has 2 heterocycles. The van der Waals surface area contributed by atoms with E-state index in [0.717, 1.165) is 12.5 Å². The third-order valence-corrected chi connectivity index (χ3v) is 4.98. The van der Waals surface area contributed by atoms with Crippen LogP contribution in [0, 0.1) is 5.92 Å². The van der Waals surface area contributed by atoms with Crippen molar-refractivity contribution in [3.63, 3.8) is 0 Å². The Bertz CT molecular complexity index is 834. The molecule has 4 rings (SSSR count). The number of para-hydroxylation sites is 1. The maximum absolute atomic E-state index is 2.38. The third-order valence-electron chi connectivity index (χ3n) is 4.98. The minimum Gasteiger partial charge on any atom is -0.205 e. The van der Waals surface area contributed by atoms with Crippen LogP contribution in [0.3, 0.4) is 0 Å². The molecule has 0 amide bonds. The van der Waals surface area contributed by atoms with Crippen LogP contribution in [0.25, 0.3) is 16.8 Å². The molecule has 0 bridgehead atoms. The first kappa shape index (κ1) is 15.8. The van der Waals surface area contributed by atoms with Crippen LogP contribution >= 0.6 is 0 Å². The summed E-state index contributed by atoms with van der Waals surface area (Å²) >= 11 is 0. The summed E-state index contributed by atoms with van der Waals surface area (Å²) in [6.45, 7) is 1.10. The largest absolute Gasteiger partial charge is 0.210 e. The highest BCUT2D eigenvalue weighted by Crippen LogP contribution is 2.20. The minimum atomic E-state index is 0.773. The first-order valence-electron chi connectivity index (χ1n) is 9.11. The average molecular weight is 328 g/mol. The lowest BCUT2D eigenvalue weighted by Gasteiger charge is -2.05. The maximum Gasteiger partial charge on any atom is 0.210 e. The highest BCUT2D eigenvalue weighted by atomic mass is 14.9. The van der Waals surface area contributed by atoms with Crippen LogP contribution in [0.1, 0.15) is 19.3 Å². The molecule has 2 nitrogen and oxygen atoms in total. The topological polar surface area (TPSA) is 7.76 Å². The molecule has 25 heavy (non-hydrogen) atoms. The molecule has 0 saturated carbocycles. The van der Waals surface area contributed by atoms with E-state index in [1.54, 1.807) is 0 Å². The Kier molecular flexibility index (Phi) is 4.69. The van der Waals surface area contributed by atoms with Gasteiger partial charge in [0, 0.05) is 42.8 Å². The minimum absolute atomic E-state index is 0.773. The van der Waals surface area contributed by atoms with Crippen LogP contribution in [-0.2, 0) is 6.54 Å². The van der Waals surface area contributed by atoms with Crippen LogP contribution in [0.2, 0.25) is 0 Å². The molecule has 0 unspecified atom stereocenters. The molecule has 2 aromatic heterocycles. The van der Waals surface area contributed by atoms with Crippen LogP contribution < -0.4 is 9.13 Å². The van der Waals surface area contributed by atoms with Crippen LogP contribution in [0.4, 0.5) is 0 Å². The number of nitrogens with zero attached hydrogens (tertiary/aromatic N) is 2. The van der Waals surface area contributed by atoms with Gasteiger partial charge in [0.15, 0.2) is 24.8 Å². The Hall–Kier alpha value is -2.74. The third kappa shape index (κ3) is 3.85. The number of benzene rings is 1. The number of rotatable bonds is 5. The van der Waals surface area contributed by atoms with Crippen LogP contribution in [0.15, 0.2) is 91.5 Å². The molecular weight excluding hydrogens is 304 g/mol. The van der Waals surface area contributed by atoms with E-state index in [1.165, 1.54) is 36.1 Å². The van der Waals surface area contributed by atoms with Gasteiger partial charge in [0.25, 0.3) is 0 Å². The number of hydrogen-bond donors (Lipinski definition) is 0. The predicted molar refractivity (Wildman–Crippen MR) is 100 cm³/mol. The normalized spacial score (nSPS) is 16.2. The van der Waals surface area contributed by atoms with E-state index >= 15 is 0 Å². The second-order valence-corrected chi connectivity index (χ2v) is 6.71. The van der Waals surface area contributed by atoms with Gasteiger partial charge in [-0.25, -0.2) is 4.57 Å². The van der Waals surface area contributed by atoms with Crippen LogP contribution in [0.5, 0.6) is 0 Å². The van der Waals surface area contributed by atoms with Crippen LogP contribution in [-0.4, -0.2) is 0 Å². The summed E-state index contributed by atoms with van der Waals surface area (Å²) in [4.78, 5) is 0. The summed E-state index contributed by atoms with van der Waals surface area (Å²) in [5, 5.41) is 0. The summed E-state index contributed by atoms with van der Waals surface area (Å²) in [6.07, 6.45) is 17.2. The molecule has 1 aliphatic rings. The molecule has 2 heteroatoms. The number of allylic oxidation sites excluding steroid dienone is 2. The van der Waals surface area contributed by atoms with Crippen molar-refractivity contribution < 1.29 is 9.13 Å². The Morgan fingerprint density at radius 3 is 2.12 bits per heavy atom. The Labute approximate surface area is 149 Å². The first-order chi connectivity index (χ1) is 12.4. The summed E-state index contributed by atoms with van der Waals surface area (Å²) in [5.74, 6) is 0.773. The number of aryl methyl sites for hydroxylation is 1. The van der Waals surface area contributed by atoms with Crippen molar-refractivity contribution in [3.05, 3.63) is 91.5 Å². The van der Waals surface area contributed by atoms with Crippen molar-refractivity contribution in [2.75, 3.05) is 0 Å². The summed E-state index contributed by atoms with van der Waals surface area (Å²) in [5.41, 5.74) is 3.69. The number of pyridine rings is 2. The fourth-order valence-corrected chi connectivity index (χ4v) is 3.44. The molecule has 1 aliphatic carbocycles. The van der Waals surface area contributed by atoms with Crippen molar-refractivity contribution >= 4 is 0 Å². The summed E-state index contributed by atoms with van der Waals surface area (Å²) in [6, 6.07) is 19.2. The van der Waals surface area contributed by atoms with Gasteiger partial charge in [0.2, 0.25) is 5.69 Å². The van der Waals surface area contributed by atoms with E-state index in [2.05, 4.69) is 94.6 Å². The lowest BCUT2D eigenvalue weighted by atomic mass is 10.1. The molecular formula is C23H24N2+2. The van der Waals surface area contributed by atoms with Gasteiger partial charge in [-0.05, 0) is 29.9 Å². The van der Waals surface area contributed by atoms with Gasteiger partial charge >= 0.3 is 0 Å². The summed E-state index contributed by atoms with van der Waals surface area (Å²) in [7, 11) is 0. The molecule has 0 spiro atoms. The fourth-order valence-electron chi connectivity index (χ4n) is 3.44. The molecule has 0 radical (unpaired) electrons. The van der Waals surface area contributed by atoms with Gasteiger partial charge in [0.05, 0.1) is 0 Å². The molecule has 1 aromatic carbocycles. The second kappa shape index (κ2) is 7.43. The quantitative estimate of drug-likeness (QED) is 0.488. The van der Waals surface area contributed by atoms with Gasteiger partial charge in [-0.15, -0.1) is 0 Å². The van der Waals surface area contributed by atoms with E-state index in [1.807, 2.05) is 6.07 Å². The van der Waals surface area contributed by atoms with Crippen molar-refractivity contribution in [2.24, 2.45) is 5.92 Å². The van der Waals surface area contributed by atoms with E-state index in [0.29, 0.717) is 0 Å². The SMILES string of the molecule is C1=C[C@@H](CC[n+]2ccc(-c3cc[n+](-c4ccccc4)cc3)cc2)CC1. The molecule has 124 valence electrons. The molecule has 0 N–H and O–H groups in total. The Morgan fingerprint density at radius 2 is 1.48 bits per heavy atom. The predicted octanol–water partition coefficient (Wildman–Crippen LogP) is 4.27. The van der Waals surface area contributed by atoms with Crippen molar-refractivity contribution in [1.29, 1.82) is 0 Å².